The molecule has 0 aliphatic heterocycles. The molecule has 0 saturated carbocycles. The lowest BCUT2D eigenvalue weighted by Gasteiger charge is -2.35. The summed E-state index contributed by atoms with van der Waals surface area (Å²) >= 11 is 0. The van der Waals surface area contributed by atoms with Gasteiger partial charge in [-0.1, -0.05) is 68.0 Å². The first-order valence-corrected chi connectivity index (χ1v) is 13.4. The lowest BCUT2D eigenvalue weighted by atomic mass is 9.97. The zero-order chi connectivity index (χ0) is 29.2. The molecule has 0 bridgehead atoms. The maximum atomic E-state index is 14.2. The molecule has 0 aromatic heterocycles. The largest absolute Gasteiger partial charge is 0.507 e. The van der Waals surface area contributed by atoms with Crippen LogP contribution >= 0.6 is 0 Å². The number of carbonyl (C=O) groups is 3. The Balaban J connectivity index is 2.57. The van der Waals surface area contributed by atoms with E-state index in [4.69, 9.17) is 4.74 Å². The second-order valence-corrected chi connectivity index (χ2v) is 10.8. The SMILES string of the molecule is C=CCN(C(=O)C(Cc1ccccc1)NC(=O)OC(C)(C)C)C(C(=O)NC(C)CCC)c1cccc(C)c1O. The molecule has 8 nitrogen and oxygen atoms in total. The third-order valence-electron chi connectivity index (χ3n) is 6.11. The van der Waals surface area contributed by atoms with E-state index in [1.54, 1.807) is 45.9 Å². The van der Waals surface area contributed by atoms with Crippen LogP contribution in [0.1, 0.15) is 70.2 Å². The number of benzene rings is 2. The molecule has 0 saturated heterocycles. The van der Waals surface area contributed by atoms with Crippen LogP contribution in [0.4, 0.5) is 4.79 Å². The summed E-state index contributed by atoms with van der Waals surface area (Å²) in [6.45, 7) is 14.7. The number of hydrogen-bond donors (Lipinski definition) is 3. The Kier molecular flexibility index (Phi) is 11.6. The van der Waals surface area contributed by atoms with Gasteiger partial charge in [-0.15, -0.1) is 6.58 Å². The van der Waals surface area contributed by atoms with Gasteiger partial charge in [0.2, 0.25) is 11.8 Å². The summed E-state index contributed by atoms with van der Waals surface area (Å²) in [7, 11) is 0. The van der Waals surface area contributed by atoms with Gasteiger partial charge in [-0.2, -0.15) is 0 Å². The Morgan fingerprint density at radius 2 is 1.74 bits per heavy atom. The molecule has 3 atom stereocenters. The van der Waals surface area contributed by atoms with E-state index in [1.165, 1.54) is 11.0 Å². The summed E-state index contributed by atoms with van der Waals surface area (Å²) in [6.07, 6.45) is 2.58. The van der Waals surface area contributed by atoms with Gasteiger partial charge >= 0.3 is 6.09 Å². The predicted octanol–water partition coefficient (Wildman–Crippen LogP) is 5.20. The van der Waals surface area contributed by atoms with Gasteiger partial charge in [-0.3, -0.25) is 9.59 Å². The van der Waals surface area contributed by atoms with Gasteiger partial charge in [0, 0.05) is 24.6 Å². The molecular weight excluding hydrogens is 494 g/mol. The average molecular weight is 538 g/mol. The van der Waals surface area contributed by atoms with Crippen LogP contribution in [0.15, 0.2) is 61.2 Å². The molecule has 8 heteroatoms. The van der Waals surface area contributed by atoms with Crippen LogP contribution in [0.25, 0.3) is 0 Å². The zero-order valence-corrected chi connectivity index (χ0v) is 24.0. The van der Waals surface area contributed by atoms with Gasteiger partial charge in [0.25, 0.3) is 0 Å². The number of phenols is 1. The second kappa shape index (κ2) is 14.4. The predicted molar refractivity (Wildman–Crippen MR) is 153 cm³/mol. The van der Waals surface area contributed by atoms with Gasteiger partial charge in [0.1, 0.15) is 23.4 Å². The molecule has 0 aliphatic rings. The Hall–Kier alpha value is -3.81. The number of alkyl carbamates (subject to hydrolysis) is 1. The van der Waals surface area contributed by atoms with Crippen molar-refractivity contribution >= 4 is 17.9 Å². The van der Waals surface area contributed by atoms with Crippen LogP contribution in [-0.4, -0.2) is 52.1 Å². The van der Waals surface area contributed by atoms with Gasteiger partial charge in [-0.25, -0.2) is 4.79 Å². The first kappa shape index (κ1) is 31.4. The quantitative estimate of drug-likeness (QED) is 0.323. The molecule has 0 spiro atoms. The van der Waals surface area contributed by atoms with Crippen LogP contribution in [0.2, 0.25) is 0 Å². The number of aromatic hydroxyl groups is 1. The standard InChI is InChI=1S/C31H43N3O5/c1-8-14-22(4)32-28(36)26(24-18-13-15-21(3)27(24)35)34(19-9-2)29(37)25(20-23-16-11-10-12-17-23)33-30(38)39-31(5,6)7/h9-13,15-18,22,25-26,35H,2,8,14,19-20H2,1,3-7H3,(H,32,36)(H,33,38). The summed E-state index contributed by atoms with van der Waals surface area (Å²) in [5.41, 5.74) is 0.922. The van der Waals surface area contributed by atoms with Crippen molar-refractivity contribution in [3.8, 4) is 5.75 Å². The van der Waals surface area contributed by atoms with Crippen molar-refractivity contribution < 1.29 is 24.2 Å². The molecular formula is C31H43N3O5. The molecule has 3 amide bonds. The van der Waals surface area contributed by atoms with Crippen molar-refractivity contribution in [1.82, 2.24) is 15.5 Å². The maximum Gasteiger partial charge on any atom is 0.408 e. The Bertz CT molecular complexity index is 1130. The third kappa shape index (κ3) is 9.46. The van der Waals surface area contributed by atoms with Crippen molar-refractivity contribution in [1.29, 1.82) is 0 Å². The van der Waals surface area contributed by atoms with Crippen LogP contribution in [0.5, 0.6) is 5.75 Å². The number of nitrogens with one attached hydrogen (secondary N) is 2. The van der Waals surface area contributed by atoms with Crippen molar-refractivity contribution in [2.75, 3.05) is 6.54 Å². The topological polar surface area (TPSA) is 108 Å². The van der Waals surface area contributed by atoms with Gasteiger partial charge in [0.05, 0.1) is 0 Å². The molecule has 0 heterocycles. The van der Waals surface area contributed by atoms with E-state index in [-0.39, 0.29) is 24.8 Å². The number of phenolic OH excluding ortho intramolecular Hbond substituents is 1. The lowest BCUT2D eigenvalue weighted by Crippen LogP contribution is -2.54. The number of rotatable bonds is 12. The number of para-hydroxylation sites is 1. The van der Waals surface area contributed by atoms with Crippen molar-refractivity contribution in [3.63, 3.8) is 0 Å². The van der Waals surface area contributed by atoms with Gasteiger partial charge < -0.3 is 25.4 Å². The van der Waals surface area contributed by atoms with Crippen molar-refractivity contribution in [2.24, 2.45) is 0 Å². The van der Waals surface area contributed by atoms with E-state index >= 15 is 0 Å². The van der Waals surface area contributed by atoms with Crippen LogP contribution < -0.4 is 10.6 Å². The number of ether oxygens (including phenoxy) is 1. The molecule has 2 rings (SSSR count). The first-order chi connectivity index (χ1) is 18.4. The second-order valence-electron chi connectivity index (χ2n) is 10.8. The number of hydrogen-bond acceptors (Lipinski definition) is 5. The summed E-state index contributed by atoms with van der Waals surface area (Å²) in [5.74, 6) is -1.00. The van der Waals surface area contributed by atoms with E-state index < -0.39 is 35.6 Å². The molecule has 0 radical (unpaired) electrons. The molecule has 0 fully saturated rings. The van der Waals surface area contributed by atoms with Crippen molar-refractivity contribution in [3.05, 3.63) is 77.9 Å². The number of aryl methyl sites for hydroxylation is 1. The minimum atomic E-state index is -1.16. The normalized spacial score (nSPS) is 13.5. The summed E-state index contributed by atoms with van der Waals surface area (Å²) in [6, 6.07) is 12.0. The molecule has 2 aromatic carbocycles. The van der Waals surface area contributed by atoms with E-state index in [1.807, 2.05) is 44.2 Å². The number of carbonyl (C=O) groups excluding carboxylic acids is 3. The van der Waals surface area contributed by atoms with Crippen LogP contribution in [0.3, 0.4) is 0 Å². The molecule has 39 heavy (non-hydrogen) atoms. The van der Waals surface area contributed by atoms with E-state index in [0.29, 0.717) is 11.1 Å². The number of amides is 3. The third-order valence-corrected chi connectivity index (χ3v) is 6.11. The molecule has 3 unspecified atom stereocenters. The number of nitrogens with zero attached hydrogens (tertiary/aromatic N) is 1. The minimum absolute atomic E-state index is 0.00769. The fourth-order valence-corrected chi connectivity index (χ4v) is 4.34. The van der Waals surface area contributed by atoms with E-state index in [2.05, 4.69) is 17.2 Å². The van der Waals surface area contributed by atoms with Crippen LogP contribution in [-0.2, 0) is 20.7 Å². The lowest BCUT2D eigenvalue weighted by molar-refractivity contribution is -0.142. The Labute approximate surface area is 232 Å². The summed E-state index contributed by atoms with van der Waals surface area (Å²) in [5, 5.41) is 16.7. The van der Waals surface area contributed by atoms with Crippen LogP contribution in [0, 0.1) is 6.92 Å². The highest BCUT2D eigenvalue weighted by molar-refractivity contribution is 5.93. The molecule has 212 valence electrons. The highest BCUT2D eigenvalue weighted by atomic mass is 16.6. The monoisotopic (exact) mass is 537 g/mol. The first-order valence-electron chi connectivity index (χ1n) is 13.4. The maximum absolute atomic E-state index is 14.2. The van der Waals surface area contributed by atoms with E-state index in [0.717, 1.165) is 18.4 Å². The smallest absolute Gasteiger partial charge is 0.408 e. The van der Waals surface area contributed by atoms with Gasteiger partial charge in [-0.05, 0) is 52.2 Å². The fraction of sp³-hybridized carbons (Fsp3) is 0.452. The average Bonchev–Trinajstić information content (AvgIpc) is 2.85. The highest BCUT2D eigenvalue weighted by Crippen LogP contribution is 2.32. The summed E-state index contributed by atoms with van der Waals surface area (Å²) < 4.78 is 5.44. The minimum Gasteiger partial charge on any atom is -0.507 e. The van der Waals surface area contributed by atoms with Crippen molar-refractivity contribution in [2.45, 2.75) is 84.5 Å². The van der Waals surface area contributed by atoms with Gasteiger partial charge in [0.15, 0.2) is 0 Å². The fourth-order valence-electron chi connectivity index (χ4n) is 4.34. The molecule has 2 aromatic rings. The zero-order valence-electron chi connectivity index (χ0n) is 24.0. The Morgan fingerprint density at radius 1 is 1.08 bits per heavy atom. The molecule has 0 aliphatic carbocycles. The summed E-state index contributed by atoms with van der Waals surface area (Å²) in [4.78, 5) is 42.1. The Morgan fingerprint density at radius 3 is 2.33 bits per heavy atom. The van der Waals surface area contributed by atoms with E-state index in [9.17, 15) is 19.5 Å². The highest BCUT2D eigenvalue weighted by Gasteiger charge is 2.37. The molecule has 3 N–H and O–H groups in total.